The Morgan fingerprint density at radius 3 is 2.56 bits per heavy atom. The third-order valence-electron chi connectivity index (χ3n) is 4.87. The number of hydrogen-bond acceptors (Lipinski definition) is 6. The van der Waals surface area contributed by atoms with Crippen LogP contribution in [0, 0.1) is 5.41 Å². The first kappa shape index (κ1) is 22.9. The number of amides is 1. The average Bonchev–Trinajstić information content (AvgIpc) is 3.00. The molecule has 1 unspecified atom stereocenters. The maximum Gasteiger partial charge on any atom is 0.405 e. The van der Waals surface area contributed by atoms with Gasteiger partial charge in [-0.25, -0.2) is 4.99 Å². The van der Waals surface area contributed by atoms with Gasteiger partial charge in [0.1, 0.15) is 18.9 Å². The zero-order chi connectivity index (χ0) is 23.4. The molecule has 0 aromatic heterocycles. The number of halogens is 3. The van der Waals surface area contributed by atoms with Crippen molar-refractivity contribution in [2.24, 2.45) is 10.7 Å². The highest BCUT2D eigenvalue weighted by molar-refractivity contribution is 6.11. The third-order valence-corrected chi connectivity index (χ3v) is 4.87. The van der Waals surface area contributed by atoms with Gasteiger partial charge >= 0.3 is 6.18 Å². The number of likely N-dealkylation sites (N-methyl/N-ethyl adjacent to an activating group) is 1. The fourth-order valence-electron chi connectivity index (χ4n) is 3.26. The number of guanidine groups is 1. The number of carbonyl (C=O) groups excluding carboxylic acids is 1. The van der Waals surface area contributed by atoms with Crippen LogP contribution in [-0.4, -0.2) is 42.7 Å². The molecular weight excluding hydrogens is 423 g/mol. The monoisotopic (exact) mass is 445 g/mol. The molecule has 2 aromatic rings. The van der Waals surface area contributed by atoms with Crippen molar-refractivity contribution in [1.82, 2.24) is 10.2 Å². The second kappa shape index (κ2) is 9.13. The molecule has 10 heteroatoms. The van der Waals surface area contributed by atoms with Crippen molar-refractivity contribution < 1.29 is 22.7 Å². The van der Waals surface area contributed by atoms with E-state index in [1.165, 1.54) is 7.05 Å². The first-order valence-electron chi connectivity index (χ1n) is 9.59. The number of rotatable bonds is 8. The van der Waals surface area contributed by atoms with Crippen LogP contribution in [0.15, 0.2) is 71.4 Å². The summed E-state index contributed by atoms with van der Waals surface area (Å²) < 4.78 is 43.6. The van der Waals surface area contributed by atoms with E-state index in [0.717, 1.165) is 22.9 Å². The zero-order valence-corrected chi connectivity index (χ0v) is 17.2. The van der Waals surface area contributed by atoms with E-state index in [0.29, 0.717) is 11.3 Å². The minimum atomic E-state index is -4.47. The molecule has 7 nitrogen and oxygen atoms in total. The number of nitrogens with one attached hydrogen (secondary N) is 2. The van der Waals surface area contributed by atoms with Crippen LogP contribution in [0.2, 0.25) is 0 Å². The molecule has 1 aliphatic heterocycles. The van der Waals surface area contributed by atoms with E-state index in [9.17, 15) is 18.0 Å². The summed E-state index contributed by atoms with van der Waals surface area (Å²) in [6.45, 7) is -1.05. The SMILES string of the molecule is CN1C(=O)C(/C(C=N)=C/NCC(F)(F)F)(c2cccc(OCc3ccccc3)c2)N=C1N. The molecule has 168 valence electrons. The summed E-state index contributed by atoms with van der Waals surface area (Å²) in [6.07, 6.45) is -2.72. The quantitative estimate of drug-likeness (QED) is 0.544. The average molecular weight is 445 g/mol. The number of nitrogens with zero attached hydrogens (tertiary/aromatic N) is 2. The topological polar surface area (TPSA) is 104 Å². The lowest BCUT2D eigenvalue weighted by Crippen LogP contribution is -2.42. The van der Waals surface area contributed by atoms with Gasteiger partial charge in [-0.15, -0.1) is 0 Å². The molecule has 0 spiro atoms. The number of aliphatic imine (C=N–C) groups is 1. The first-order valence-corrected chi connectivity index (χ1v) is 9.59. The molecule has 1 heterocycles. The Balaban J connectivity index is 1.99. The van der Waals surface area contributed by atoms with Gasteiger partial charge in [0.25, 0.3) is 5.91 Å². The Labute approximate surface area is 182 Å². The largest absolute Gasteiger partial charge is 0.489 e. The van der Waals surface area contributed by atoms with E-state index in [4.69, 9.17) is 15.9 Å². The van der Waals surface area contributed by atoms with Crippen molar-refractivity contribution in [3.8, 4) is 5.75 Å². The summed E-state index contributed by atoms with van der Waals surface area (Å²) >= 11 is 0. The Bertz CT molecular complexity index is 1050. The van der Waals surface area contributed by atoms with Gasteiger partial charge in [0.15, 0.2) is 11.5 Å². The normalized spacial score (nSPS) is 19.0. The fourth-order valence-corrected chi connectivity index (χ4v) is 3.26. The van der Waals surface area contributed by atoms with Crippen molar-refractivity contribution in [2.45, 2.75) is 18.3 Å². The first-order chi connectivity index (χ1) is 15.2. The Hall–Kier alpha value is -3.82. The molecule has 0 aliphatic carbocycles. The van der Waals surface area contributed by atoms with Gasteiger partial charge in [-0.1, -0.05) is 42.5 Å². The maximum atomic E-state index is 13.2. The molecule has 1 aliphatic rings. The summed E-state index contributed by atoms with van der Waals surface area (Å²) in [6, 6.07) is 15.9. The number of hydrogen-bond donors (Lipinski definition) is 3. The fraction of sp³-hybridized carbons (Fsp3) is 0.227. The summed E-state index contributed by atoms with van der Waals surface area (Å²) in [5, 5.41) is 9.88. The van der Waals surface area contributed by atoms with Crippen LogP contribution >= 0.6 is 0 Å². The van der Waals surface area contributed by atoms with Gasteiger partial charge in [-0.3, -0.25) is 9.69 Å². The number of benzene rings is 2. The van der Waals surface area contributed by atoms with Crippen LogP contribution in [0.1, 0.15) is 11.1 Å². The van der Waals surface area contributed by atoms with Crippen LogP contribution in [0.4, 0.5) is 13.2 Å². The van der Waals surface area contributed by atoms with E-state index in [-0.39, 0.29) is 18.1 Å². The molecule has 0 saturated carbocycles. The van der Waals surface area contributed by atoms with Crippen LogP contribution in [-0.2, 0) is 16.9 Å². The van der Waals surface area contributed by atoms with Crippen LogP contribution in [0.5, 0.6) is 5.75 Å². The lowest BCUT2D eigenvalue weighted by Gasteiger charge is -2.27. The summed E-state index contributed by atoms with van der Waals surface area (Å²) in [5.41, 5.74) is 5.20. The van der Waals surface area contributed by atoms with Crippen molar-refractivity contribution in [1.29, 1.82) is 5.41 Å². The second-order valence-corrected chi connectivity index (χ2v) is 7.09. The number of ether oxygens (including phenoxy) is 1. The number of alkyl halides is 3. The third kappa shape index (κ3) is 4.74. The van der Waals surface area contributed by atoms with E-state index in [2.05, 4.69) is 10.3 Å². The molecule has 0 saturated heterocycles. The van der Waals surface area contributed by atoms with Crippen LogP contribution in [0.3, 0.4) is 0 Å². The minimum absolute atomic E-state index is 0.0979. The summed E-state index contributed by atoms with van der Waals surface area (Å²) in [4.78, 5) is 18.6. The predicted octanol–water partition coefficient (Wildman–Crippen LogP) is 2.93. The molecule has 0 fully saturated rings. The molecule has 3 rings (SSSR count). The summed E-state index contributed by atoms with van der Waals surface area (Å²) in [7, 11) is 1.41. The van der Waals surface area contributed by atoms with E-state index in [1.807, 2.05) is 30.3 Å². The van der Waals surface area contributed by atoms with Gasteiger partial charge < -0.3 is 21.2 Å². The van der Waals surface area contributed by atoms with Gasteiger partial charge in [0.05, 0.1) is 0 Å². The van der Waals surface area contributed by atoms with Gasteiger partial charge in [0.2, 0.25) is 0 Å². The maximum absolute atomic E-state index is 13.2. The minimum Gasteiger partial charge on any atom is -0.489 e. The standard InChI is InChI=1S/C22H22F3N5O2/c1-30-19(31)22(29-20(30)27,17(11-26)12-28-14-21(23,24)25)16-8-5-9-18(10-16)32-13-15-6-3-2-4-7-15/h2-12,26,28H,13-14H2,1H3,(H2,27,29)/b17-12+,26-11?. The van der Waals surface area contributed by atoms with E-state index < -0.39 is 24.2 Å². The molecule has 0 bridgehead atoms. The number of carbonyl (C=O) groups is 1. The molecular formula is C22H22F3N5O2. The molecule has 1 amide bonds. The predicted molar refractivity (Wildman–Crippen MR) is 114 cm³/mol. The van der Waals surface area contributed by atoms with Gasteiger partial charge in [-0.05, 0) is 23.3 Å². The van der Waals surface area contributed by atoms with Crippen molar-refractivity contribution in [3.63, 3.8) is 0 Å². The van der Waals surface area contributed by atoms with Crippen LogP contribution in [0.25, 0.3) is 0 Å². The molecule has 1 atom stereocenters. The van der Waals surface area contributed by atoms with Gasteiger partial charge in [0, 0.05) is 25.0 Å². The van der Waals surface area contributed by atoms with Crippen molar-refractivity contribution in [2.75, 3.05) is 13.6 Å². The summed E-state index contributed by atoms with van der Waals surface area (Å²) in [5.74, 6) is -0.289. The van der Waals surface area contributed by atoms with Crippen molar-refractivity contribution >= 4 is 18.1 Å². The second-order valence-electron chi connectivity index (χ2n) is 7.09. The lowest BCUT2D eigenvalue weighted by atomic mass is 9.83. The molecule has 0 radical (unpaired) electrons. The van der Waals surface area contributed by atoms with E-state index >= 15 is 0 Å². The van der Waals surface area contributed by atoms with Crippen LogP contribution < -0.4 is 15.8 Å². The smallest absolute Gasteiger partial charge is 0.405 e. The molecule has 2 aromatic carbocycles. The van der Waals surface area contributed by atoms with Gasteiger partial charge in [-0.2, -0.15) is 13.2 Å². The highest BCUT2D eigenvalue weighted by atomic mass is 19.4. The Morgan fingerprint density at radius 1 is 1.25 bits per heavy atom. The zero-order valence-electron chi connectivity index (χ0n) is 17.2. The molecule has 4 N–H and O–H groups in total. The van der Waals surface area contributed by atoms with E-state index in [1.54, 1.807) is 24.3 Å². The highest BCUT2D eigenvalue weighted by Crippen LogP contribution is 2.39. The number of nitrogens with two attached hydrogens (primary N) is 1. The van der Waals surface area contributed by atoms with Crippen molar-refractivity contribution in [3.05, 3.63) is 77.5 Å². The highest BCUT2D eigenvalue weighted by Gasteiger charge is 2.50. The lowest BCUT2D eigenvalue weighted by molar-refractivity contribution is -0.129. The Kier molecular flexibility index (Phi) is 6.52. The molecule has 32 heavy (non-hydrogen) atoms. The Morgan fingerprint density at radius 2 is 1.97 bits per heavy atom.